The van der Waals surface area contributed by atoms with Crippen molar-refractivity contribution in [3.63, 3.8) is 0 Å². The Morgan fingerprint density at radius 2 is 1.88 bits per heavy atom. The first-order valence-electron chi connectivity index (χ1n) is 8.74. The SMILES string of the molecule is C#CCO[C@H]1[C@@H]2OC(C)(C)O[C@@H]2[C@@H](OC)O[C@@H]1COCc1ccccc1. The lowest BCUT2D eigenvalue weighted by Crippen LogP contribution is -2.58. The number of hydrogen-bond donors (Lipinski definition) is 0. The molecule has 0 N–H and O–H groups in total. The molecule has 0 amide bonds. The predicted octanol–water partition coefficient (Wildman–Crippen LogP) is 2.11. The first kappa shape index (κ1) is 19.3. The second kappa shape index (κ2) is 8.49. The van der Waals surface area contributed by atoms with E-state index in [1.807, 2.05) is 44.2 Å². The summed E-state index contributed by atoms with van der Waals surface area (Å²) < 4.78 is 35.2. The van der Waals surface area contributed by atoms with Gasteiger partial charge < -0.3 is 28.4 Å². The average molecular weight is 362 g/mol. The lowest BCUT2D eigenvalue weighted by Gasteiger charge is -2.41. The highest BCUT2D eigenvalue weighted by molar-refractivity contribution is 5.13. The van der Waals surface area contributed by atoms with Crippen molar-refractivity contribution in [3.8, 4) is 12.3 Å². The zero-order valence-corrected chi connectivity index (χ0v) is 15.4. The number of ether oxygens (including phenoxy) is 6. The first-order chi connectivity index (χ1) is 12.5. The van der Waals surface area contributed by atoms with Crippen LogP contribution < -0.4 is 0 Å². The fourth-order valence-electron chi connectivity index (χ4n) is 3.36. The van der Waals surface area contributed by atoms with Gasteiger partial charge in [-0.1, -0.05) is 36.3 Å². The fraction of sp³-hybridized carbons (Fsp3) is 0.600. The predicted molar refractivity (Wildman–Crippen MR) is 94.2 cm³/mol. The summed E-state index contributed by atoms with van der Waals surface area (Å²) in [4.78, 5) is 0. The Labute approximate surface area is 154 Å². The van der Waals surface area contributed by atoms with Crippen LogP contribution in [0.15, 0.2) is 30.3 Å². The van der Waals surface area contributed by atoms with Crippen LogP contribution >= 0.6 is 0 Å². The monoisotopic (exact) mass is 362 g/mol. The number of methoxy groups -OCH3 is 1. The van der Waals surface area contributed by atoms with Crippen molar-refractivity contribution in [3.05, 3.63) is 35.9 Å². The third kappa shape index (κ3) is 4.44. The Kier molecular flexibility index (Phi) is 6.30. The van der Waals surface area contributed by atoms with E-state index in [0.717, 1.165) is 5.56 Å². The van der Waals surface area contributed by atoms with Gasteiger partial charge in [0.25, 0.3) is 0 Å². The zero-order valence-electron chi connectivity index (χ0n) is 15.4. The molecule has 6 nitrogen and oxygen atoms in total. The van der Waals surface area contributed by atoms with Crippen LogP contribution in [0.4, 0.5) is 0 Å². The second-order valence-corrected chi connectivity index (χ2v) is 6.82. The summed E-state index contributed by atoms with van der Waals surface area (Å²) in [5.41, 5.74) is 1.09. The molecule has 0 radical (unpaired) electrons. The van der Waals surface area contributed by atoms with Gasteiger partial charge in [0.15, 0.2) is 12.1 Å². The highest BCUT2D eigenvalue weighted by Gasteiger charge is 2.56. The van der Waals surface area contributed by atoms with Crippen LogP contribution in [-0.2, 0) is 35.0 Å². The molecule has 1 aromatic carbocycles. The van der Waals surface area contributed by atoms with Crippen LogP contribution in [0.2, 0.25) is 0 Å². The summed E-state index contributed by atoms with van der Waals surface area (Å²) >= 11 is 0. The quantitative estimate of drug-likeness (QED) is 0.693. The molecule has 2 heterocycles. The highest BCUT2D eigenvalue weighted by atomic mass is 16.8. The Bertz CT molecular complexity index is 610. The topological polar surface area (TPSA) is 55.4 Å². The van der Waals surface area contributed by atoms with Gasteiger partial charge in [-0.3, -0.25) is 0 Å². The number of hydrogen-bond acceptors (Lipinski definition) is 6. The van der Waals surface area contributed by atoms with Crippen LogP contribution in [0.1, 0.15) is 19.4 Å². The standard InChI is InChI=1S/C20H26O6/c1-5-11-23-16-15(13-22-12-14-9-7-6-8-10-14)24-19(21-4)18-17(16)25-20(2,3)26-18/h1,6-10,15-19H,11-13H2,2-4H3/t15-,16-,17+,18+,19+/m1/s1. The van der Waals surface area contributed by atoms with E-state index >= 15 is 0 Å². The minimum Gasteiger partial charge on any atom is -0.374 e. The molecule has 5 atom stereocenters. The van der Waals surface area contributed by atoms with E-state index in [-0.39, 0.29) is 24.9 Å². The summed E-state index contributed by atoms with van der Waals surface area (Å²) in [6.07, 6.45) is 3.30. The maximum absolute atomic E-state index is 6.06. The minimum atomic E-state index is -0.743. The number of rotatable bonds is 7. The molecular formula is C20H26O6. The van der Waals surface area contributed by atoms with Gasteiger partial charge in [0.05, 0.1) is 13.2 Å². The first-order valence-corrected chi connectivity index (χ1v) is 8.74. The van der Waals surface area contributed by atoms with E-state index in [9.17, 15) is 0 Å². The number of benzene rings is 1. The summed E-state index contributed by atoms with van der Waals surface area (Å²) in [6, 6.07) is 9.95. The van der Waals surface area contributed by atoms with E-state index < -0.39 is 18.2 Å². The van der Waals surface area contributed by atoms with Gasteiger partial charge in [-0.25, -0.2) is 0 Å². The average Bonchev–Trinajstić information content (AvgIpc) is 2.96. The van der Waals surface area contributed by atoms with Crippen LogP contribution in [-0.4, -0.2) is 56.8 Å². The molecule has 2 fully saturated rings. The minimum absolute atomic E-state index is 0.161. The van der Waals surface area contributed by atoms with Crippen molar-refractivity contribution in [2.24, 2.45) is 0 Å². The maximum Gasteiger partial charge on any atom is 0.186 e. The van der Waals surface area contributed by atoms with E-state index in [0.29, 0.717) is 13.2 Å². The lowest BCUT2D eigenvalue weighted by molar-refractivity contribution is -0.280. The molecule has 0 saturated carbocycles. The molecule has 0 spiro atoms. The van der Waals surface area contributed by atoms with Crippen molar-refractivity contribution in [2.75, 3.05) is 20.3 Å². The molecule has 3 rings (SSSR count). The third-order valence-electron chi connectivity index (χ3n) is 4.42. The van der Waals surface area contributed by atoms with E-state index in [4.69, 9.17) is 34.8 Å². The van der Waals surface area contributed by atoms with Crippen LogP contribution in [0.3, 0.4) is 0 Å². The number of fused-ring (bicyclic) bond motifs is 1. The molecule has 0 bridgehead atoms. The summed E-state index contributed by atoms with van der Waals surface area (Å²) in [5, 5.41) is 0. The molecule has 2 aliphatic heterocycles. The van der Waals surface area contributed by atoms with Gasteiger partial charge in [-0.05, 0) is 19.4 Å². The lowest BCUT2D eigenvalue weighted by atomic mass is 9.99. The van der Waals surface area contributed by atoms with Gasteiger partial charge in [0, 0.05) is 7.11 Å². The Balaban J connectivity index is 1.68. The summed E-state index contributed by atoms with van der Waals surface area (Å²) in [5.74, 6) is 1.75. The molecule has 142 valence electrons. The second-order valence-electron chi connectivity index (χ2n) is 6.82. The Hall–Kier alpha value is -1.46. The third-order valence-corrected chi connectivity index (χ3v) is 4.42. The molecule has 0 aromatic heterocycles. The fourth-order valence-corrected chi connectivity index (χ4v) is 3.36. The van der Waals surface area contributed by atoms with E-state index in [2.05, 4.69) is 5.92 Å². The molecule has 2 saturated heterocycles. The normalized spacial score (nSPS) is 32.8. The van der Waals surface area contributed by atoms with Gasteiger partial charge >= 0.3 is 0 Å². The molecule has 6 heteroatoms. The van der Waals surface area contributed by atoms with Crippen molar-refractivity contribution >= 4 is 0 Å². The summed E-state index contributed by atoms with van der Waals surface area (Å²) in [6.45, 7) is 4.69. The summed E-state index contributed by atoms with van der Waals surface area (Å²) in [7, 11) is 1.58. The maximum atomic E-state index is 6.06. The van der Waals surface area contributed by atoms with Crippen molar-refractivity contribution in [1.82, 2.24) is 0 Å². The molecule has 2 aliphatic rings. The van der Waals surface area contributed by atoms with Gasteiger partial charge in [-0.15, -0.1) is 6.42 Å². The molecule has 1 aromatic rings. The number of terminal acetylenes is 1. The molecular weight excluding hydrogens is 336 g/mol. The van der Waals surface area contributed by atoms with Gasteiger partial charge in [0.1, 0.15) is 31.0 Å². The molecule has 0 unspecified atom stereocenters. The van der Waals surface area contributed by atoms with E-state index in [1.54, 1.807) is 7.11 Å². The van der Waals surface area contributed by atoms with Crippen LogP contribution in [0.25, 0.3) is 0 Å². The highest BCUT2D eigenvalue weighted by Crippen LogP contribution is 2.38. The smallest absolute Gasteiger partial charge is 0.186 e. The van der Waals surface area contributed by atoms with Crippen molar-refractivity contribution < 1.29 is 28.4 Å². The Morgan fingerprint density at radius 3 is 2.58 bits per heavy atom. The van der Waals surface area contributed by atoms with Gasteiger partial charge in [0.2, 0.25) is 0 Å². The van der Waals surface area contributed by atoms with Crippen molar-refractivity contribution in [1.29, 1.82) is 0 Å². The van der Waals surface area contributed by atoms with Crippen molar-refractivity contribution in [2.45, 2.75) is 56.9 Å². The molecule has 0 aliphatic carbocycles. The largest absolute Gasteiger partial charge is 0.374 e. The zero-order chi connectivity index (χ0) is 18.6. The van der Waals surface area contributed by atoms with Crippen LogP contribution in [0.5, 0.6) is 0 Å². The van der Waals surface area contributed by atoms with Crippen LogP contribution in [0, 0.1) is 12.3 Å². The Morgan fingerprint density at radius 1 is 1.15 bits per heavy atom. The van der Waals surface area contributed by atoms with Gasteiger partial charge in [-0.2, -0.15) is 0 Å². The molecule has 26 heavy (non-hydrogen) atoms. The van der Waals surface area contributed by atoms with E-state index in [1.165, 1.54) is 0 Å².